The number of hydrogen-bond acceptors (Lipinski definition) is 3. The average molecular weight is 237 g/mol. The minimum Gasteiger partial charge on any atom is -0.379 e. The van der Waals surface area contributed by atoms with E-state index >= 15 is 0 Å². The Hall–Kier alpha value is -1.28. The van der Waals surface area contributed by atoms with Gasteiger partial charge in [-0.2, -0.15) is 5.26 Å². The molecule has 1 aliphatic carbocycles. The second-order valence-corrected chi connectivity index (χ2v) is 4.91. The van der Waals surface area contributed by atoms with Crippen LogP contribution in [-0.2, 0) is 4.74 Å². The second-order valence-electron chi connectivity index (χ2n) is 4.91. The lowest BCUT2D eigenvalue weighted by Crippen LogP contribution is -2.54. The number of nitrogens with zero attached hydrogens (tertiary/aromatic N) is 1. The largest absolute Gasteiger partial charge is 0.379 e. The van der Waals surface area contributed by atoms with Crippen molar-refractivity contribution in [2.24, 2.45) is 0 Å². The van der Waals surface area contributed by atoms with Gasteiger partial charge in [-0.05, 0) is 19.3 Å². The molecule has 1 saturated carbocycles. The summed E-state index contributed by atoms with van der Waals surface area (Å²) in [5, 5.41) is 14.9. The normalized spacial score (nSPS) is 27.1. The molecule has 1 saturated heterocycles. The molecule has 0 spiro atoms. The molecule has 0 radical (unpaired) electrons. The van der Waals surface area contributed by atoms with Crippen LogP contribution >= 0.6 is 0 Å². The third-order valence-corrected chi connectivity index (χ3v) is 3.54. The molecule has 94 valence electrons. The molecule has 2 N–H and O–H groups in total. The number of urea groups is 1. The molecule has 1 aliphatic heterocycles. The molecule has 5 heteroatoms. The summed E-state index contributed by atoms with van der Waals surface area (Å²) in [6.45, 7) is 1.28. The van der Waals surface area contributed by atoms with Crippen molar-refractivity contribution in [2.45, 2.75) is 50.1 Å². The zero-order chi connectivity index (χ0) is 12.1. The fourth-order valence-electron chi connectivity index (χ4n) is 2.51. The number of carbonyl (C=O) groups excluding carboxylic acids is 1. The Balaban J connectivity index is 1.85. The third-order valence-electron chi connectivity index (χ3n) is 3.54. The molecule has 2 rings (SSSR count). The molecule has 0 bridgehead atoms. The number of carbonyl (C=O) groups is 1. The monoisotopic (exact) mass is 237 g/mol. The van der Waals surface area contributed by atoms with Crippen molar-refractivity contribution in [3.8, 4) is 6.07 Å². The quantitative estimate of drug-likeness (QED) is 0.760. The standard InChI is InChI=1S/C12H19N3O2/c13-9-12(5-2-1-3-6-12)15-11(16)14-10-4-7-17-8-10/h10H,1-8H2,(H2,14,15,16). The first kappa shape index (κ1) is 12.2. The van der Waals surface area contributed by atoms with Crippen LogP contribution in [0.25, 0.3) is 0 Å². The molecule has 0 aromatic rings. The van der Waals surface area contributed by atoms with Crippen LogP contribution in [-0.4, -0.2) is 30.8 Å². The number of nitrogens with one attached hydrogen (secondary N) is 2. The topological polar surface area (TPSA) is 74.2 Å². The summed E-state index contributed by atoms with van der Waals surface area (Å²) in [5.41, 5.74) is -0.651. The molecule has 17 heavy (non-hydrogen) atoms. The van der Waals surface area contributed by atoms with E-state index in [1.807, 2.05) is 0 Å². The lowest BCUT2D eigenvalue weighted by Gasteiger charge is -2.31. The molecule has 0 aromatic heterocycles. The lowest BCUT2D eigenvalue weighted by molar-refractivity contribution is 0.186. The fraction of sp³-hybridized carbons (Fsp3) is 0.833. The van der Waals surface area contributed by atoms with Gasteiger partial charge in [0.1, 0.15) is 5.54 Å². The minimum atomic E-state index is -0.651. The Morgan fingerprint density at radius 3 is 2.71 bits per heavy atom. The van der Waals surface area contributed by atoms with Gasteiger partial charge in [-0.15, -0.1) is 0 Å². The van der Waals surface area contributed by atoms with Crippen molar-refractivity contribution in [1.29, 1.82) is 5.26 Å². The van der Waals surface area contributed by atoms with Gasteiger partial charge >= 0.3 is 6.03 Å². The van der Waals surface area contributed by atoms with Crippen LogP contribution in [0, 0.1) is 11.3 Å². The fourth-order valence-corrected chi connectivity index (χ4v) is 2.51. The molecular formula is C12H19N3O2. The van der Waals surface area contributed by atoms with Crippen LogP contribution in [0.3, 0.4) is 0 Å². The van der Waals surface area contributed by atoms with E-state index in [1.54, 1.807) is 0 Å². The first-order chi connectivity index (χ1) is 8.24. The Morgan fingerprint density at radius 1 is 1.35 bits per heavy atom. The maximum absolute atomic E-state index is 11.8. The highest BCUT2D eigenvalue weighted by atomic mass is 16.5. The number of nitriles is 1. The number of hydrogen-bond donors (Lipinski definition) is 2. The minimum absolute atomic E-state index is 0.0920. The molecule has 2 fully saturated rings. The Morgan fingerprint density at radius 2 is 2.12 bits per heavy atom. The lowest BCUT2D eigenvalue weighted by atomic mass is 9.83. The molecule has 1 atom stereocenters. The summed E-state index contributed by atoms with van der Waals surface area (Å²) >= 11 is 0. The predicted molar refractivity (Wildman–Crippen MR) is 62.3 cm³/mol. The predicted octanol–water partition coefficient (Wildman–Crippen LogP) is 1.30. The second kappa shape index (κ2) is 5.37. The zero-order valence-electron chi connectivity index (χ0n) is 10.00. The summed E-state index contributed by atoms with van der Waals surface area (Å²) in [5.74, 6) is 0. The highest BCUT2D eigenvalue weighted by molar-refractivity contribution is 5.75. The van der Waals surface area contributed by atoms with Crippen LogP contribution in [0.2, 0.25) is 0 Å². The van der Waals surface area contributed by atoms with Gasteiger partial charge in [-0.3, -0.25) is 0 Å². The van der Waals surface area contributed by atoms with Crippen molar-refractivity contribution >= 4 is 6.03 Å². The van der Waals surface area contributed by atoms with E-state index in [0.29, 0.717) is 13.2 Å². The number of ether oxygens (including phenoxy) is 1. The molecule has 1 heterocycles. The molecular weight excluding hydrogens is 218 g/mol. The van der Waals surface area contributed by atoms with Gasteiger partial charge in [-0.1, -0.05) is 19.3 Å². The van der Waals surface area contributed by atoms with Crippen LogP contribution < -0.4 is 10.6 Å². The van der Waals surface area contributed by atoms with E-state index < -0.39 is 5.54 Å². The van der Waals surface area contributed by atoms with Crippen LogP contribution in [0.4, 0.5) is 4.79 Å². The molecule has 2 aliphatic rings. The van der Waals surface area contributed by atoms with Crippen LogP contribution in [0.15, 0.2) is 0 Å². The van der Waals surface area contributed by atoms with Crippen LogP contribution in [0.5, 0.6) is 0 Å². The third kappa shape index (κ3) is 3.10. The maximum Gasteiger partial charge on any atom is 0.316 e. The molecule has 1 unspecified atom stereocenters. The van der Waals surface area contributed by atoms with E-state index in [2.05, 4.69) is 16.7 Å². The van der Waals surface area contributed by atoms with Gasteiger partial charge in [-0.25, -0.2) is 4.79 Å². The van der Waals surface area contributed by atoms with Gasteiger partial charge in [0.15, 0.2) is 0 Å². The highest BCUT2D eigenvalue weighted by Gasteiger charge is 2.34. The van der Waals surface area contributed by atoms with E-state index in [1.165, 1.54) is 0 Å². The maximum atomic E-state index is 11.8. The average Bonchev–Trinajstić information content (AvgIpc) is 2.83. The van der Waals surface area contributed by atoms with Gasteiger partial charge in [0.05, 0.1) is 18.7 Å². The first-order valence-corrected chi connectivity index (χ1v) is 6.32. The van der Waals surface area contributed by atoms with Crippen LogP contribution in [0.1, 0.15) is 38.5 Å². The SMILES string of the molecule is N#CC1(NC(=O)NC2CCOC2)CCCCC1. The summed E-state index contributed by atoms with van der Waals surface area (Å²) in [4.78, 5) is 11.8. The first-order valence-electron chi connectivity index (χ1n) is 6.32. The highest BCUT2D eigenvalue weighted by Crippen LogP contribution is 2.27. The summed E-state index contributed by atoms with van der Waals surface area (Å²) in [7, 11) is 0. The van der Waals surface area contributed by atoms with Crippen molar-refractivity contribution in [3.63, 3.8) is 0 Å². The summed E-state index contributed by atoms with van der Waals surface area (Å²) in [6.07, 6.45) is 5.56. The summed E-state index contributed by atoms with van der Waals surface area (Å²) < 4.78 is 5.19. The van der Waals surface area contributed by atoms with Crippen molar-refractivity contribution < 1.29 is 9.53 Å². The van der Waals surface area contributed by atoms with Gasteiger partial charge in [0.2, 0.25) is 0 Å². The van der Waals surface area contributed by atoms with Gasteiger partial charge in [0.25, 0.3) is 0 Å². The molecule has 5 nitrogen and oxygen atoms in total. The van der Waals surface area contributed by atoms with Crippen molar-refractivity contribution in [1.82, 2.24) is 10.6 Å². The Kier molecular flexibility index (Phi) is 3.85. The van der Waals surface area contributed by atoms with Crippen molar-refractivity contribution in [3.05, 3.63) is 0 Å². The van der Waals surface area contributed by atoms with E-state index in [4.69, 9.17) is 4.74 Å². The Bertz CT molecular complexity index is 312. The number of amides is 2. The molecule has 0 aromatic carbocycles. The zero-order valence-corrected chi connectivity index (χ0v) is 10.00. The number of rotatable bonds is 2. The summed E-state index contributed by atoms with van der Waals surface area (Å²) in [6, 6.07) is 2.13. The van der Waals surface area contributed by atoms with Crippen molar-refractivity contribution in [2.75, 3.05) is 13.2 Å². The van der Waals surface area contributed by atoms with Gasteiger partial charge in [0, 0.05) is 6.61 Å². The van der Waals surface area contributed by atoms with E-state index in [0.717, 1.165) is 38.5 Å². The van der Waals surface area contributed by atoms with E-state index in [-0.39, 0.29) is 12.1 Å². The van der Waals surface area contributed by atoms with E-state index in [9.17, 15) is 10.1 Å². The molecule has 2 amide bonds. The Labute approximate surface area is 102 Å². The smallest absolute Gasteiger partial charge is 0.316 e. The van der Waals surface area contributed by atoms with Gasteiger partial charge < -0.3 is 15.4 Å².